The van der Waals surface area contributed by atoms with Gasteiger partial charge in [0.05, 0.1) is 0 Å². The summed E-state index contributed by atoms with van der Waals surface area (Å²) in [6.07, 6.45) is 0.205. The highest BCUT2D eigenvalue weighted by Gasteiger charge is 2.65. The van der Waals surface area contributed by atoms with Gasteiger partial charge in [-0.25, -0.2) is 4.99 Å². The standard InChI is InChI=1S/C22H18N2/c1-4-10-16(11-5-1)19-21-20(17-12-6-2-7-13-17)24(21)22(23-19)18-14-8-3-9-15-18/h1-15,20-22H/p+1/t20-,21-,22-,24?/m1/s1. The summed E-state index contributed by atoms with van der Waals surface area (Å²) in [5.41, 5.74) is 5.24. The predicted molar refractivity (Wildman–Crippen MR) is 96.1 cm³/mol. The van der Waals surface area contributed by atoms with E-state index in [9.17, 15) is 0 Å². The molecule has 4 atom stereocenters. The molecule has 5 rings (SSSR count). The lowest BCUT2D eigenvalue weighted by molar-refractivity contribution is -0.817. The molecule has 2 aliphatic rings. The van der Waals surface area contributed by atoms with Crippen molar-refractivity contribution in [2.24, 2.45) is 4.99 Å². The average molecular weight is 311 g/mol. The predicted octanol–water partition coefficient (Wildman–Crippen LogP) is 3.20. The summed E-state index contributed by atoms with van der Waals surface area (Å²) in [6.45, 7) is 0. The van der Waals surface area contributed by atoms with Gasteiger partial charge in [-0.15, -0.1) is 0 Å². The van der Waals surface area contributed by atoms with Crippen LogP contribution in [0.5, 0.6) is 0 Å². The number of quaternary nitrogens is 1. The second kappa shape index (κ2) is 5.43. The zero-order chi connectivity index (χ0) is 15.9. The van der Waals surface area contributed by atoms with Crippen LogP contribution in [0.4, 0.5) is 0 Å². The van der Waals surface area contributed by atoms with E-state index in [0.29, 0.717) is 12.1 Å². The largest absolute Gasteiger partial charge is 0.286 e. The molecule has 0 aliphatic carbocycles. The molecule has 116 valence electrons. The van der Waals surface area contributed by atoms with E-state index in [4.69, 9.17) is 4.99 Å². The summed E-state index contributed by atoms with van der Waals surface area (Å²) in [7, 11) is 0. The molecule has 24 heavy (non-hydrogen) atoms. The van der Waals surface area contributed by atoms with Crippen molar-refractivity contribution in [1.29, 1.82) is 0 Å². The molecule has 2 aliphatic heterocycles. The minimum atomic E-state index is 0.205. The molecule has 1 unspecified atom stereocenters. The van der Waals surface area contributed by atoms with Crippen LogP contribution < -0.4 is 4.90 Å². The zero-order valence-corrected chi connectivity index (χ0v) is 13.3. The Morgan fingerprint density at radius 3 is 1.75 bits per heavy atom. The summed E-state index contributed by atoms with van der Waals surface area (Å²) < 4.78 is 0. The number of hydrogen-bond donors (Lipinski definition) is 1. The Kier molecular flexibility index (Phi) is 3.10. The fourth-order valence-electron chi connectivity index (χ4n) is 4.04. The van der Waals surface area contributed by atoms with Gasteiger partial charge in [0.1, 0.15) is 5.71 Å². The van der Waals surface area contributed by atoms with Gasteiger partial charge in [-0.1, -0.05) is 91.0 Å². The minimum absolute atomic E-state index is 0.205. The van der Waals surface area contributed by atoms with Crippen molar-refractivity contribution >= 4 is 5.71 Å². The Labute approximate surface area is 142 Å². The maximum atomic E-state index is 5.11. The topological polar surface area (TPSA) is 16.8 Å². The van der Waals surface area contributed by atoms with Crippen LogP contribution in [0.2, 0.25) is 0 Å². The van der Waals surface area contributed by atoms with E-state index in [2.05, 4.69) is 91.0 Å². The van der Waals surface area contributed by atoms with E-state index in [1.54, 1.807) is 4.90 Å². The Morgan fingerprint density at radius 2 is 1.12 bits per heavy atom. The van der Waals surface area contributed by atoms with E-state index in [-0.39, 0.29) is 6.17 Å². The normalized spacial score (nSPS) is 27.4. The first-order chi connectivity index (χ1) is 11.9. The molecule has 2 heteroatoms. The van der Waals surface area contributed by atoms with Gasteiger partial charge >= 0.3 is 0 Å². The first-order valence-corrected chi connectivity index (χ1v) is 8.53. The van der Waals surface area contributed by atoms with Crippen LogP contribution in [0, 0.1) is 0 Å². The maximum absolute atomic E-state index is 5.11. The van der Waals surface area contributed by atoms with Gasteiger partial charge in [0, 0.05) is 16.7 Å². The Hall–Kier alpha value is -2.71. The molecule has 2 heterocycles. The van der Waals surface area contributed by atoms with E-state index in [1.165, 1.54) is 22.4 Å². The second-order valence-corrected chi connectivity index (χ2v) is 6.56. The molecule has 3 aromatic carbocycles. The van der Waals surface area contributed by atoms with Gasteiger partial charge < -0.3 is 0 Å². The molecule has 0 spiro atoms. The highest BCUT2D eigenvalue weighted by molar-refractivity contribution is 6.06. The van der Waals surface area contributed by atoms with Gasteiger partial charge in [0.2, 0.25) is 6.17 Å². The van der Waals surface area contributed by atoms with Crippen LogP contribution in [0.3, 0.4) is 0 Å². The third kappa shape index (κ3) is 2.11. The molecular weight excluding hydrogens is 292 g/mol. The first-order valence-electron chi connectivity index (χ1n) is 8.53. The van der Waals surface area contributed by atoms with Gasteiger partial charge in [0.25, 0.3) is 0 Å². The van der Waals surface area contributed by atoms with E-state index in [0.717, 1.165) is 0 Å². The van der Waals surface area contributed by atoms with Gasteiger partial charge in [0.15, 0.2) is 12.1 Å². The number of hydrogen-bond acceptors (Lipinski definition) is 1. The van der Waals surface area contributed by atoms with Crippen molar-refractivity contribution < 1.29 is 4.90 Å². The summed E-state index contributed by atoms with van der Waals surface area (Å²) in [5.74, 6) is 0. The molecular formula is C22H19N2+. The molecule has 0 aromatic heterocycles. The third-order valence-corrected chi connectivity index (χ3v) is 5.16. The molecule has 1 N–H and O–H groups in total. The Balaban J connectivity index is 1.58. The molecule has 0 amide bonds. The van der Waals surface area contributed by atoms with Crippen LogP contribution in [-0.4, -0.2) is 11.8 Å². The Morgan fingerprint density at radius 1 is 0.583 bits per heavy atom. The lowest BCUT2D eigenvalue weighted by Crippen LogP contribution is -2.93. The number of benzene rings is 3. The van der Waals surface area contributed by atoms with Crippen LogP contribution in [0.15, 0.2) is 96.0 Å². The lowest BCUT2D eigenvalue weighted by atomic mass is 10.0. The molecule has 0 bridgehead atoms. The maximum Gasteiger partial charge on any atom is 0.209 e. The zero-order valence-electron chi connectivity index (χ0n) is 13.3. The number of nitrogens with zero attached hydrogens (tertiary/aromatic N) is 1. The van der Waals surface area contributed by atoms with Gasteiger partial charge in [-0.3, -0.25) is 4.90 Å². The number of rotatable bonds is 3. The number of nitrogens with one attached hydrogen (secondary N) is 1. The van der Waals surface area contributed by atoms with Crippen molar-refractivity contribution in [2.75, 3.05) is 0 Å². The summed E-state index contributed by atoms with van der Waals surface area (Å²) in [4.78, 5) is 6.68. The van der Waals surface area contributed by atoms with Crippen molar-refractivity contribution in [3.05, 3.63) is 108 Å². The first kappa shape index (κ1) is 13.7. The monoisotopic (exact) mass is 311 g/mol. The SMILES string of the molecule is c1ccc(C2=N[C@@H](c3ccccc3)[NH+]3[C@H]2[C@H]3c2ccccc2)cc1. The third-order valence-electron chi connectivity index (χ3n) is 5.16. The van der Waals surface area contributed by atoms with E-state index < -0.39 is 0 Å². The summed E-state index contributed by atoms with van der Waals surface area (Å²) >= 11 is 0. The molecule has 3 aromatic rings. The molecule has 0 saturated carbocycles. The van der Waals surface area contributed by atoms with Crippen LogP contribution in [0.25, 0.3) is 0 Å². The van der Waals surface area contributed by atoms with Gasteiger partial charge in [-0.05, 0) is 0 Å². The highest BCUT2D eigenvalue weighted by atomic mass is 15.5. The fraction of sp³-hybridized carbons (Fsp3) is 0.136. The lowest BCUT2D eigenvalue weighted by Gasteiger charge is -2.10. The van der Waals surface area contributed by atoms with Crippen molar-refractivity contribution in [2.45, 2.75) is 18.2 Å². The molecule has 0 radical (unpaired) electrons. The van der Waals surface area contributed by atoms with E-state index in [1.807, 2.05) is 0 Å². The Bertz CT molecular complexity index is 872. The van der Waals surface area contributed by atoms with Crippen molar-refractivity contribution in [1.82, 2.24) is 0 Å². The summed E-state index contributed by atoms with van der Waals surface area (Å²) in [6, 6.07) is 33.2. The minimum Gasteiger partial charge on any atom is -0.286 e. The molecule has 1 saturated heterocycles. The quantitative estimate of drug-likeness (QED) is 0.716. The fourth-order valence-corrected chi connectivity index (χ4v) is 4.04. The van der Waals surface area contributed by atoms with Crippen LogP contribution >= 0.6 is 0 Å². The van der Waals surface area contributed by atoms with Crippen LogP contribution in [-0.2, 0) is 0 Å². The number of fused-ring (bicyclic) bond motifs is 1. The number of aliphatic imine (C=N–C) groups is 1. The van der Waals surface area contributed by atoms with Crippen molar-refractivity contribution in [3.63, 3.8) is 0 Å². The molecule has 1 fully saturated rings. The van der Waals surface area contributed by atoms with Gasteiger partial charge in [-0.2, -0.15) is 0 Å². The summed E-state index contributed by atoms with van der Waals surface area (Å²) in [5, 5.41) is 0. The van der Waals surface area contributed by atoms with E-state index >= 15 is 0 Å². The highest BCUT2D eigenvalue weighted by Crippen LogP contribution is 2.36. The molecule has 2 nitrogen and oxygen atoms in total. The van der Waals surface area contributed by atoms with Crippen LogP contribution in [0.1, 0.15) is 28.9 Å². The second-order valence-electron chi connectivity index (χ2n) is 6.56. The average Bonchev–Trinajstić information content (AvgIpc) is 3.28. The smallest absolute Gasteiger partial charge is 0.209 e. The van der Waals surface area contributed by atoms with Crippen molar-refractivity contribution in [3.8, 4) is 0 Å².